The molecular weight excluding hydrogens is 162 g/mol. The molecule has 1 aromatic rings. The van der Waals surface area contributed by atoms with E-state index in [0.29, 0.717) is 0 Å². The van der Waals surface area contributed by atoms with Crippen LogP contribution in [-0.4, -0.2) is 27.5 Å². The number of rotatable bonds is 3. The first kappa shape index (κ1) is 9.82. The van der Waals surface area contributed by atoms with E-state index in [1.54, 1.807) is 6.33 Å². The van der Waals surface area contributed by atoms with Gasteiger partial charge in [0.05, 0.1) is 18.1 Å². The molecule has 0 bridgehead atoms. The SMILES string of the molecule is C#CC(C)N(C)Cc1cncn1C. The quantitative estimate of drug-likeness (QED) is 0.639. The van der Waals surface area contributed by atoms with Gasteiger partial charge in [-0.15, -0.1) is 6.42 Å². The average Bonchev–Trinajstić information content (AvgIpc) is 2.50. The molecule has 1 aromatic heterocycles. The number of aromatic nitrogens is 2. The summed E-state index contributed by atoms with van der Waals surface area (Å²) in [6.45, 7) is 2.85. The second kappa shape index (κ2) is 4.11. The Morgan fingerprint density at radius 1 is 1.77 bits per heavy atom. The Balaban J connectivity index is 2.60. The van der Waals surface area contributed by atoms with Crippen LogP contribution < -0.4 is 0 Å². The molecule has 0 N–H and O–H groups in total. The summed E-state index contributed by atoms with van der Waals surface area (Å²) in [5, 5.41) is 0. The normalized spacial score (nSPS) is 12.8. The highest BCUT2D eigenvalue weighted by Crippen LogP contribution is 2.03. The Hall–Kier alpha value is -1.27. The number of hydrogen-bond acceptors (Lipinski definition) is 2. The van der Waals surface area contributed by atoms with Crippen LogP contribution in [0.5, 0.6) is 0 Å². The fourth-order valence-electron chi connectivity index (χ4n) is 1.06. The Kier molecular flexibility index (Phi) is 3.10. The van der Waals surface area contributed by atoms with Crippen molar-refractivity contribution in [2.75, 3.05) is 7.05 Å². The summed E-state index contributed by atoms with van der Waals surface area (Å²) < 4.78 is 2.00. The molecule has 0 aliphatic heterocycles. The molecule has 0 fully saturated rings. The van der Waals surface area contributed by atoms with Crippen LogP contribution in [0.2, 0.25) is 0 Å². The number of hydrogen-bond donors (Lipinski definition) is 0. The molecule has 0 radical (unpaired) electrons. The lowest BCUT2D eigenvalue weighted by molar-refractivity contribution is 0.290. The fourth-order valence-corrected chi connectivity index (χ4v) is 1.06. The smallest absolute Gasteiger partial charge is 0.0945 e. The highest BCUT2D eigenvalue weighted by molar-refractivity contribution is 5.01. The molecule has 0 aliphatic carbocycles. The van der Waals surface area contributed by atoms with Gasteiger partial charge in [-0.05, 0) is 14.0 Å². The van der Waals surface area contributed by atoms with Gasteiger partial charge in [0.2, 0.25) is 0 Å². The van der Waals surface area contributed by atoms with Crippen molar-refractivity contribution in [1.29, 1.82) is 0 Å². The van der Waals surface area contributed by atoms with Crippen LogP contribution in [-0.2, 0) is 13.6 Å². The first-order valence-corrected chi connectivity index (χ1v) is 4.26. The molecular formula is C10H15N3. The summed E-state index contributed by atoms with van der Waals surface area (Å²) in [5.74, 6) is 2.69. The molecule has 0 saturated carbocycles. The van der Waals surface area contributed by atoms with Gasteiger partial charge in [-0.25, -0.2) is 4.98 Å². The van der Waals surface area contributed by atoms with Gasteiger partial charge in [0, 0.05) is 19.8 Å². The minimum absolute atomic E-state index is 0.162. The van der Waals surface area contributed by atoms with Crippen molar-refractivity contribution in [3.05, 3.63) is 18.2 Å². The van der Waals surface area contributed by atoms with Crippen LogP contribution in [0, 0.1) is 12.3 Å². The van der Waals surface area contributed by atoms with Crippen molar-refractivity contribution >= 4 is 0 Å². The standard InChI is InChI=1S/C10H15N3/c1-5-9(2)12(3)7-10-6-11-8-13(10)4/h1,6,8-9H,7H2,2-4H3. The predicted octanol–water partition coefficient (Wildman–Crippen LogP) is 0.874. The van der Waals surface area contributed by atoms with Crippen LogP contribution in [0.1, 0.15) is 12.6 Å². The van der Waals surface area contributed by atoms with Gasteiger partial charge in [-0.3, -0.25) is 4.90 Å². The van der Waals surface area contributed by atoms with Crippen molar-refractivity contribution in [2.24, 2.45) is 7.05 Å². The van der Waals surface area contributed by atoms with Gasteiger partial charge in [0.25, 0.3) is 0 Å². The maximum atomic E-state index is 5.33. The summed E-state index contributed by atoms with van der Waals surface area (Å²) in [6.07, 6.45) is 8.98. The number of nitrogens with zero attached hydrogens (tertiary/aromatic N) is 3. The third-order valence-electron chi connectivity index (χ3n) is 2.23. The molecule has 1 heterocycles. The molecule has 0 aromatic carbocycles. The van der Waals surface area contributed by atoms with E-state index in [9.17, 15) is 0 Å². The maximum Gasteiger partial charge on any atom is 0.0945 e. The van der Waals surface area contributed by atoms with E-state index in [-0.39, 0.29) is 6.04 Å². The van der Waals surface area contributed by atoms with Gasteiger partial charge in [0.15, 0.2) is 0 Å². The Labute approximate surface area is 79.4 Å². The van der Waals surface area contributed by atoms with Gasteiger partial charge in [-0.1, -0.05) is 5.92 Å². The molecule has 3 heteroatoms. The van der Waals surface area contributed by atoms with Crippen LogP contribution in [0.15, 0.2) is 12.5 Å². The van der Waals surface area contributed by atoms with Crippen molar-refractivity contribution in [3.63, 3.8) is 0 Å². The fraction of sp³-hybridized carbons (Fsp3) is 0.500. The van der Waals surface area contributed by atoms with E-state index in [4.69, 9.17) is 6.42 Å². The number of aryl methyl sites for hydroxylation is 1. The van der Waals surface area contributed by atoms with Crippen molar-refractivity contribution in [1.82, 2.24) is 14.5 Å². The van der Waals surface area contributed by atoms with Crippen LogP contribution in [0.4, 0.5) is 0 Å². The molecule has 0 amide bonds. The molecule has 13 heavy (non-hydrogen) atoms. The summed E-state index contributed by atoms with van der Waals surface area (Å²) in [7, 11) is 3.99. The topological polar surface area (TPSA) is 21.1 Å². The van der Waals surface area contributed by atoms with Crippen molar-refractivity contribution in [3.8, 4) is 12.3 Å². The average molecular weight is 177 g/mol. The van der Waals surface area contributed by atoms with Crippen molar-refractivity contribution in [2.45, 2.75) is 19.5 Å². The molecule has 0 aliphatic rings. The van der Waals surface area contributed by atoms with E-state index in [1.807, 2.05) is 31.8 Å². The largest absolute Gasteiger partial charge is 0.337 e. The Bertz CT molecular complexity index is 308. The minimum atomic E-state index is 0.162. The molecule has 0 spiro atoms. The molecule has 3 nitrogen and oxygen atoms in total. The molecule has 1 rings (SSSR count). The molecule has 1 unspecified atom stereocenters. The van der Waals surface area contributed by atoms with Crippen molar-refractivity contribution < 1.29 is 0 Å². The molecule has 70 valence electrons. The first-order chi connectivity index (χ1) is 6.15. The third-order valence-corrected chi connectivity index (χ3v) is 2.23. The Morgan fingerprint density at radius 2 is 2.46 bits per heavy atom. The van der Waals surface area contributed by atoms with E-state index in [2.05, 4.69) is 15.8 Å². The highest BCUT2D eigenvalue weighted by Gasteiger charge is 2.07. The van der Waals surface area contributed by atoms with E-state index < -0.39 is 0 Å². The van der Waals surface area contributed by atoms with E-state index >= 15 is 0 Å². The van der Waals surface area contributed by atoms with E-state index in [1.165, 1.54) is 5.69 Å². The van der Waals surface area contributed by atoms with Crippen LogP contribution in [0.25, 0.3) is 0 Å². The van der Waals surface area contributed by atoms with Gasteiger partial charge in [-0.2, -0.15) is 0 Å². The van der Waals surface area contributed by atoms with E-state index in [0.717, 1.165) is 6.54 Å². The van der Waals surface area contributed by atoms with Crippen LogP contribution >= 0.6 is 0 Å². The first-order valence-electron chi connectivity index (χ1n) is 4.26. The van der Waals surface area contributed by atoms with Gasteiger partial charge in [0.1, 0.15) is 0 Å². The Morgan fingerprint density at radius 3 is 2.92 bits per heavy atom. The zero-order valence-electron chi connectivity index (χ0n) is 8.36. The summed E-state index contributed by atoms with van der Waals surface area (Å²) >= 11 is 0. The van der Waals surface area contributed by atoms with Crippen LogP contribution in [0.3, 0.4) is 0 Å². The minimum Gasteiger partial charge on any atom is -0.337 e. The zero-order valence-corrected chi connectivity index (χ0v) is 8.36. The third kappa shape index (κ3) is 2.33. The number of imidazole rings is 1. The summed E-state index contributed by atoms with van der Waals surface area (Å²) in [5.41, 5.74) is 1.17. The maximum absolute atomic E-state index is 5.33. The second-order valence-electron chi connectivity index (χ2n) is 3.25. The lowest BCUT2D eigenvalue weighted by Gasteiger charge is -2.19. The number of terminal acetylenes is 1. The predicted molar refractivity (Wildman–Crippen MR) is 53.0 cm³/mol. The molecule has 1 atom stereocenters. The van der Waals surface area contributed by atoms with Gasteiger partial charge < -0.3 is 4.57 Å². The summed E-state index contributed by atoms with van der Waals surface area (Å²) in [6, 6.07) is 0.162. The highest BCUT2D eigenvalue weighted by atomic mass is 15.1. The zero-order chi connectivity index (χ0) is 9.84. The monoisotopic (exact) mass is 177 g/mol. The lowest BCUT2D eigenvalue weighted by Crippen LogP contribution is -2.27. The second-order valence-corrected chi connectivity index (χ2v) is 3.25. The molecule has 0 saturated heterocycles. The van der Waals surface area contributed by atoms with Gasteiger partial charge >= 0.3 is 0 Å². The summed E-state index contributed by atoms with van der Waals surface area (Å²) in [4.78, 5) is 6.15. The lowest BCUT2D eigenvalue weighted by atomic mass is 10.3.